The summed E-state index contributed by atoms with van der Waals surface area (Å²) < 4.78 is 4.13. The summed E-state index contributed by atoms with van der Waals surface area (Å²) in [5.74, 6) is 0. The van der Waals surface area contributed by atoms with E-state index in [1.807, 2.05) is 0 Å². The molecule has 18 heavy (non-hydrogen) atoms. The van der Waals surface area contributed by atoms with E-state index in [4.69, 9.17) is 0 Å². The molecule has 0 amide bonds. The summed E-state index contributed by atoms with van der Waals surface area (Å²) in [6.45, 7) is 6.23. The Morgan fingerprint density at radius 1 is 1.28 bits per heavy atom. The Labute approximate surface area is 111 Å². The molecule has 0 bridgehead atoms. The number of nitrogens with one attached hydrogen (secondary N) is 1. The summed E-state index contributed by atoms with van der Waals surface area (Å²) in [4.78, 5) is 2.37. The van der Waals surface area contributed by atoms with Crippen molar-refractivity contribution in [2.75, 3.05) is 31.1 Å². The SMILES string of the molecule is Cc1cccc(-c2nnsc2N2CCNCC2)c1. The van der Waals surface area contributed by atoms with Crippen molar-refractivity contribution in [3.8, 4) is 11.3 Å². The monoisotopic (exact) mass is 260 g/mol. The standard InChI is InChI=1S/C13H16N4S/c1-10-3-2-4-11(9-10)12-13(18-16-15-12)17-7-5-14-6-8-17/h2-4,9,14H,5-8H2,1H3. The molecule has 1 aromatic heterocycles. The lowest BCUT2D eigenvalue weighted by Gasteiger charge is -2.28. The Hall–Kier alpha value is -1.46. The molecule has 0 aliphatic carbocycles. The molecule has 0 atom stereocenters. The van der Waals surface area contributed by atoms with Gasteiger partial charge in [-0.15, -0.1) is 5.10 Å². The summed E-state index contributed by atoms with van der Waals surface area (Å²) in [6, 6.07) is 8.46. The number of hydrogen-bond acceptors (Lipinski definition) is 5. The lowest BCUT2D eigenvalue weighted by molar-refractivity contribution is 0.592. The van der Waals surface area contributed by atoms with Crippen LogP contribution in [0, 0.1) is 6.92 Å². The number of aromatic nitrogens is 2. The second kappa shape index (κ2) is 5.04. The van der Waals surface area contributed by atoms with E-state index in [-0.39, 0.29) is 0 Å². The van der Waals surface area contributed by atoms with Gasteiger partial charge in [-0.1, -0.05) is 28.3 Å². The molecule has 0 radical (unpaired) electrons. The largest absolute Gasteiger partial charge is 0.358 e. The summed E-state index contributed by atoms with van der Waals surface area (Å²) in [5, 5.41) is 8.87. The molecule has 0 unspecified atom stereocenters. The van der Waals surface area contributed by atoms with Crippen molar-refractivity contribution in [3.63, 3.8) is 0 Å². The van der Waals surface area contributed by atoms with Crippen molar-refractivity contribution < 1.29 is 0 Å². The van der Waals surface area contributed by atoms with Crippen molar-refractivity contribution in [2.24, 2.45) is 0 Å². The van der Waals surface area contributed by atoms with Gasteiger partial charge in [0.15, 0.2) is 0 Å². The second-order valence-corrected chi connectivity index (χ2v) is 5.27. The van der Waals surface area contributed by atoms with Crippen LogP contribution < -0.4 is 10.2 Å². The average molecular weight is 260 g/mol. The quantitative estimate of drug-likeness (QED) is 0.895. The molecule has 5 heteroatoms. The van der Waals surface area contributed by atoms with Gasteiger partial charge >= 0.3 is 0 Å². The molecule has 1 aliphatic rings. The van der Waals surface area contributed by atoms with Gasteiger partial charge in [-0.2, -0.15) is 0 Å². The van der Waals surface area contributed by atoms with Gasteiger partial charge in [0.05, 0.1) is 0 Å². The van der Waals surface area contributed by atoms with E-state index in [2.05, 4.69) is 51.0 Å². The van der Waals surface area contributed by atoms with E-state index in [9.17, 15) is 0 Å². The van der Waals surface area contributed by atoms with E-state index in [1.165, 1.54) is 22.1 Å². The number of benzene rings is 1. The first-order valence-electron chi connectivity index (χ1n) is 6.19. The molecule has 2 heterocycles. The Bertz CT molecular complexity index is 531. The summed E-state index contributed by atoms with van der Waals surface area (Å²) in [6.07, 6.45) is 0. The molecule has 0 saturated carbocycles. The molecule has 1 aliphatic heterocycles. The highest BCUT2D eigenvalue weighted by molar-refractivity contribution is 7.10. The molecule has 1 aromatic carbocycles. The number of rotatable bonds is 2. The Morgan fingerprint density at radius 2 is 2.11 bits per heavy atom. The third-order valence-corrected chi connectivity index (χ3v) is 3.95. The van der Waals surface area contributed by atoms with Gasteiger partial charge in [0.25, 0.3) is 0 Å². The topological polar surface area (TPSA) is 41.1 Å². The molecule has 1 saturated heterocycles. The highest BCUT2D eigenvalue weighted by atomic mass is 32.1. The van der Waals surface area contributed by atoms with Crippen LogP contribution in [0.15, 0.2) is 24.3 Å². The molecule has 4 nitrogen and oxygen atoms in total. The minimum atomic E-state index is 1.02. The molecule has 1 N–H and O–H groups in total. The highest BCUT2D eigenvalue weighted by Crippen LogP contribution is 2.32. The van der Waals surface area contributed by atoms with Gasteiger partial charge in [-0.3, -0.25) is 0 Å². The number of aryl methyl sites for hydroxylation is 1. The maximum atomic E-state index is 4.31. The lowest BCUT2D eigenvalue weighted by atomic mass is 10.1. The van der Waals surface area contributed by atoms with Crippen LogP contribution in [-0.4, -0.2) is 35.8 Å². The fourth-order valence-corrected chi connectivity index (χ4v) is 2.98. The van der Waals surface area contributed by atoms with E-state index in [1.54, 1.807) is 0 Å². The molecular formula is C13H16N4S. The Kier molecular flexibility index (Phi) is 3.25. The van der Waals surface area contributed by atoms with Crippen LogP contribution in [0.5, 0.6) is 0 Å². The molecule has 0 spiro atoms. The van der Waals surface area contributed by atoms with Crippen molar-refractivity contribution in [3.05, 3.63) is 29.8 Å². The fourth-order valence-electron chi connectivity index (χ4n) is 2.23. The van der Waals surface area contributed by atoms with Crippen LogP contribution in [0.1, 0.15) is 5.56 Å². The zero-order valence-corrected chi connectivity index (χ0v) is 11.2. The second-order valence-electron chi connectivity index (χ2n) is 4.53. The van der Waals surface area contributed by atoms with Crippen molar-refractivity contribution in [2.45, 2.75) is 6.92 Å². The highest BCUT2D eigenvalue weighted by Gasteiger charge is 2.18. The molecule has 94 valence electrons. The molecule has 2 aromatic rings. The zero-order chi connectivity index (χ0) is 12.4. The van der Waals surface area contributed by atoms with E-state index in [0.29, 0.717) is 0 Å². The average Bonchev–Trinajstić information content (AvgIpc) is 2.89. The minimum absolute atomic E-state index is 1.02. The number of hydrogen-bond donors (Lipinski definition) is 1. The number of nitrogens with zero attached hydrogens (tertiary/aromatic N) is 3. The molecule has 1 fully saturated rings. The summed E-state index contributed by atoms with van der Waals surface area (Å²) in [5.41, 5.74) is 3.44. The maximum Gasteiger partial charge on any atom is 0.140 e. The van der Waals surface area contributed by atoms with Crippen LogP contribution in [0.2, 0.25) is 0 Å². The van der Waals surface area contributed by atoms with Crippen molar-refractivity contribution >= 4 is 16.5 Å². The summed E-state index contributed by atoms with van der Waals surface area (Å²) >= 11 is 1.49. The third-order valence-electron chi connectivity index (χ3n) is 3.17. The Morgan fingerprint density at radius 3 is 2.89 bits per heavy atom. The van der Waals surface area contributed by atoms with Crippen LogP contribution in [0.3, 0.4) is 0 Å². The minimum Gasteiger partial charge on any atom is -0.358 e. The third kappa shape index (κ3) is 2.23. The van der Waals surface area contributed by atoms with Gasteiger partial charge in [-0.05, 0) is 13.0 Å². The lowest BCUT2D eigenvalue weighted by Crippen LogP contribution is -2.43. The first-order valence-corrected chi connectivity index (χ1v) is 6.97. The van der Waals surface area contributed by atoms with E-state index in [0.717, 1.165) is 37.4 Å². The first-order chi connectivity index (χ1) is 8.84. The van der Waals surface area contributed by atoms with E-state index < -0.39 is 0 Å². The Balaban J connectivity index is 1.95. The summed E-state index contributed by atoms with van der Waals surface area (Å²) in [7, 11) is 0. The predicted molar refractivity (Wildman–Crippen MR) is 75.2 cm³/mol. The zero-order valence-electron chi connectivity index (χ0n) is 10.4. The van der Waals surface area contributed by atoms with Gasteiger partial charge in [0.2, 0.25) is 0 Å². The number of piperazine rings is 1. The van der Waals surface area contributed by atoms with Gasteiger partial charge < -0.3 is 10.2 Å². The molecular weight excluding hydrogens is 244 g/mol. The van der Waals surface area contributed by atoms with Crippen molar-refractivity contribution in [1.29, 1.82) is 0 Å². The van der Waals surface area contributed by atoms with Crippen LogP contribution >= 0.6 is 11.5 Å². The number of anilines is 1. The molecule has 3 rings (SSSR count). The van der Waals surface area contributed by atoms with Crippen LogP contribution in [-0.2, 0) is 0 Å². The normalized spacial score (nSPS) is 15.9. The predicted octanol–water partition coefficient (Wildman–Crippen LogP) is 1.92. The van der Waals surface area contributed by atoms with Gasteiger partial charge in [-0.25, -0.2) is 0 Å². The smallest absolute Gasteiger partial charge is 0.140 e. The maximum absolute atomic E-state index is 4.31. The van der Waals surface area contributed by atoms with Gasteiger partial charge in [0, 0.05) is 43.3 Å². The van der Waals surface area contributed by atoms with Crippen LogP contribution in [0.25, 0.3) is 11.3 Å². The van der Waals surface area contributed by atoms with E-state index >= 15 is 0 Å². The first kappa shape index (κ1) is 11.6. The fraction of sp³-hybridized carbons (Fsp3) is 0.385. The van der Waals surface area contributed by atoms with Crippen molar-refractivity contribution in [1.82, 2.24) is 14.9 Å². The van der Waals surface area contributed by atoms with Gasteiger partial charge in [0.1, 0.15) is 10.7 Å². The van der Waals surface area contributed by atoms with Crippen LogP contribution in [0.4, 0.5) is 5.00 Å².